The number of carbonyl (C=O) groups excluding carboxylic acids is 1. The molecule has 2 aromatic heterocycles. The van der Waals surface area contributed by atoms with Crippen LogP contribution in [-0.4, -0.2) is 20.9 Å². The predicted octanol–water partition coefficient (Wildman–Crippen LogP) is 3.50. The number of carbonyl (C=O) groups is 1. The third-order valence-electron chi connectivity index (χ3n) is 3.19. The number of nitrogens with zero attached hydrogens (tertiary/aromatic N) is 3. The van der Waals surface area contributed by atoms with Crippen molar-refractivity contribution >= 4 is 11.7 Å². The second-order valence-corrected chi connectivity index (χ2v) is 5.12. The van der Waals surface area contributed by atoms with Gasteiger partial charge in [0.15, 0.2) is 5.75 Å². The van der Waals surface area contributed by atoms with Gasteiger partial charge in [-0.05, 0) is 30.7 Å². The van der Waals surface area contributed by atoms with Crippen molar-refractivity contribution in [3.8, 4) is 11.5 Å². The van der Waals surface area contributed by atoms with Gasteiger partial charge in [0.1, 0.15) is 29.5 Å². The Morgan fingerprint density at radius 2 is 1.80 bits per heavy atom. The maximum atomic E-state index is 13.8. The van der Waals surface area contributed by atoms with Gasteiger partial charge in [0.05, 0.1) is 18.6 Å². The van der Waals surface area contributed by atoms with E-state index in [1.165, 1.54) is 30.9 Å². The van der Waals surface area contributed by atoms with Gasteiger partial charge in [0.25, 0.3) is 5.91 Å². The standard InChI is InChI=1S/C17H12F2N4O2/c1-10-2-16(22-8-15(10)19)23-17(24)11-3-12(18)5-13(4-11)25-14-6-20-9-21-7-14/h2-9H,1H3,(H,22,23,24). The summed E-state index contributed by atoms with van der Waals surface area (Å²) in [6, 6.07) is 4.93. The maximum Gasteiger partial charge on any atom is 0.257 e. The highest BCUT2D eigenvalue weighted by atomic mass is 19.1. The van der Waals surface area contributed by atoms with Gasteiger partial charge in [0, 0.05) is 11.6 Å². The predicted molar refractivity (Wildman–Crippen MR) is 85.4 cm³/mol. The molecule has 3 aromatic rings. The number of pyridine rings is 1. The molecule has 0 unspecified atom stereocenters. The topological polar surface area (TPSA) is 77.0 Å². The van der Waals surface area contributed by atoms with Crippen LogP contribution < -0.4 is 10.1 Å². The number of hydrogen-bond acceptors (Lipinski definition) is 5. The van der Waals surface area contributed by atoms with E-state index in [0.717, 1.165) is 18.3 Å². The van der Waals surface area contributed by atoms with Crippen LogP contribution in [0.5, 0.6) is 11.5 Å². The van der Waals surface area contributed by atoms with Crippen molar-refractivity contribution in [2.75, 3.05) is 5.32 Å². The Hall–Kier alpha value is -3.42. The third kappa shape index (κ3) is 4.11. The number of benzene rings is 1. The average molecular weight is 342 g/mol. The van der Waals surface area contributed by atoms with Crippen molar-refractivity contribution in [3.05, 3.63) is 71.9 Å². The summed E-state index contributed by atoms with van der Waals surface area (Å²) in [5, 5.41) is 2.48. The first-order chi connectivity index (χ1) is 12.0. The van der Waals surface area contributed by atoms with E-state index in [0.29, 0.717) is 11.3 Å². The van der Waals surface area contributed by atoms with Gasteiger partial charge in [0.2, 0.25) is 0 Å². The lowest BCUT2D eigenvalue weighted by molar-refractivity contribution is 0.102. The van der Waals surface area contributed by atoms with Crippen molar-refractivity contribution in [1.82, 2.24) is 15.0 Å². The lowest BCUT2D eigenvalue weighted by Crippen LogP contribution is -2.13. The van der Waals surface area contributed by atoms with Crippen LogP contribution in [0.4, 0.5) is 14.6 Å². The second kappa shape index (κ2) is 7.00. The van der Waals surface area contributed by atoms with E-state index in [-0.39, 0.29) is 17.1 Å². The summed E-state index contributed by atoms with van der Waals surface area (Å²) in [6.07, 6.45) is 5.14. The maximum absolute atomic E-state index is 13.8. The van der Waals surface area contributed by atoms with Gasteiger partial charge >= 0.3 is 0 Å². The minimum Gasteiger partial charge on any atom is -0.454 e. The van der Waals surface area contributed by atoms with E-state index in [1.807, 2.05) is 0 Å². The van der Waals surface area contributed by atoms with Gasteiger partial charge in [-0.15, -0.1) is 0 Å². The molecule has 0 aliphatic carbocycles. The van der Waals surface area contributed by atoms with E-state index >= 15 is 0 Å². The molecule has 0 aliphatic heterocycles. The molecule has 8 heteroatoms. The van der Waals surface area contributed by atoms with Gasteiger partial charge in [-0.3, -0.25) is 4.79 Å². The van der Waals surface area contributed by atoms with Crippen molar-refractivity contribution in [2.24, 2.45) is 0 Å². The number of aromatic nitrogens is 3. The summed E-state index contributed by atoms with van der Waals surface area (Å²) in [4.78, 5) is 23.6. The molecule has 1 aromatic carbocycles. The Balaban J connectivity index is 1.81. The van der Waals surface area contributed by atoms with Crippen LogP contribution in [0, 0.1) is 18.6 Å². The van der Waals surface area contributed by atoms with Gasteiger partial charge in [-0.25, -0.2) is 23.7 Å². The highest BCUT2D eigenvalue weighted by molar-refractivity contribution is 6.04. The summed E-state index contributed by atoms with van der Waals surface area (Å²) in [7, 11) is 0. The molecule has 0 radical (unpaired) electrons. The number of hydrogen-bond donors (Lipinski definition) is 1. The van der Waals surface area contributed by atoms with E-state index < -0.39 is 17.5 Å². The molecule has 126 valence electrons. The molecule has 1 N–H and O–H groups in total. The van der Waals surface area contributed by atoms with E-state index in [1.54, 1.807) is 6.92 Å². The van der Waals surface area contributed by atoms with Crippen molar-refractivity contribution in [2.45, 2.75) is 6.92 Å². The number of ether oxygens (including phenoxy) is 1. The molecule has 0 atom stereocenters. The Kier molecular flexibility index (Phi) is 4.60. The minimum atomic E-state index is -0.650. The Bertz CT molecular complexity index is 920. The van der Waals surface area contributed by atoms with Crippen LogP contribution >= 0.6 is 0 Å². The molecule has 6 nitrogen and oxygen atoms in total. The summed E-state index contributed by atoms with van der Waals surface area (Å²) in [6.45, 7) is 1.54. The number of anilines is 1. The largest absolute Gasteiger partial charge is 0.454 e. The summed E-state index contributed by atoms with van der Waals surface area (Å²) in [5.74, 6) is -1.16. The molecule has 0 saturated heterocycles. The smallest absolute Gasteiger partial charge is 0.257 e. The lowest BCUT2D eigenvalue weighted by Gasteiger charge is -2.09. The molecule has 1 amide bonds. The van der Waals surface area contributed by atoms with Crippen LogP contribution in [0.15, 0.2) is 49.2 Å². The van der Waals surface area contributed by atoms with E-state index in [2.05, 4.69) is 20.3 Å². The fourth-order valence-corrected chi connectivity index (χ4v) is 2.02. The van der Waals surface area contributed by atoms with Crippen molar-refractivity contribution < 1.29 is 18.3 Å². The molecule has 0 bridgehead atoms. The quantitative estimate of drug-likeness (QED) is 0.785. The number of aryl methyl sites for hydroxylation is 1. The Morgan fingerprint density at radius 3 is 2.52 bits per heavy atom. The van der Waals surface area contributed by atoms with Gasteiger partial charge < -0.3 is 10.1 Å². The van der Waals surface area contributed by atoms with Crippen molar-refractivity contribution in [1.29, 1.82) is 0 Å². The normalized spacial score (nSPS) is 10.4. The highest BCUT2D eigenvalue weighted by Crippen LogP contribution is 2.23. The zero-order chi connectivity index (χ0) is 17.8. The van der Waals surface area contributed by atoms with E-state index in [4.69, 9.17) is 4.74 Å². The summed E-state index contributed by atoms with van der Waals surface area (Å²) >= 11 is 0. The molecule has 0 spiro atoms. The average Bonchev–Trinajstić information content (AvgIpc) is 2.58. The molecule has 0 fully saturated rings. The van der Waals surface area contributed by atoms with Crippen LogP contribution in [0.3, 0.4) is 0 Å². The first kappa shape index (κ1) is 16.4. The summed E-state index contributed by atoms with van der Waals surface area (Å²) in [5.41, 5.74) is 0.355. The molecule has 3 rings (SSSR count). The number of amides is 1. The van der Waals surface area contributed by atoms with E-state index in [9.17, 15) is 13.6 Å². The first-order valence-corrected chi connectivity index (χ1v) is 7.18. The molecular weight excluding hydrogens is 330 g/mol. The molecule has 2 heterocycles. The second-order valence-electron chi connectivity index (χ2n) is 5.12. The lowest BCUT2D eigenvalue weighted by atomic mass is 10.2. The third-order valence-corrected chi connectivity index (χ3v) is 3.19. The Labute approximate surface area is 141 Å². The minimum absolute atomic E-state index is 0.0237. The fourth-order valence-electron chi connectivity index (χ4n) is 2.02. The van der Waals surface area contributed by atoms with Gasteiger partial charge in [-0.2, -0.15) is 0 Å². The number of nitrogens with one attached hydrogen (secondary N) is 1. The van der Waals surface area contributed by atoms with Crippen LogP contribution in [-0.2, 0) is 0 Å². The zero-order valence-electron chi connectivity index (χ0n) is 13.0. The monoisotopic (exact) mass is 342 g/mol. The van der Waals surface area contributed by atoms with Crippen molar-refractivity contribution in [3.63, 3.8) is 0 Å². The van der Waals surface area contributed by atoms with Crippen LogP contribution in [0.25, 0.3) is 0 Å². The molecular formula is C17H12F2N4O2. The van der Waals surface area contributed by atoms with Crippen LogP contribution in [0.2, 0.25) is 0 Å². The SMILES string of the molecule is Cc1cc(NC(=O)c2cc(F)cc(Oc3cncnc3)c2)ncc1F. The zero-order valence-corrected chi connectivity index (χ0v) is 13.0. The van der Waals surface area contributed by atoms with Crippen LogP contribution in [0.1, 0.15) is 15.9 Å². The highest BCUT2D eigenvalue weighted by Gasteiger charge is 2.12. The molecule has 0 aliphatic rings. The fraction of sp³-hybridized carbons (Fsp3) is 0.0588. The number of halogens is 2. The first-order valence-electron chi connectivity index (χ1n) is 7.18. The molecule has 0 saturated carbocycles. The number of rotatable bonds is 4. The summed E-state index contributed by atoms with van der Waals surface area (Å²) < 4.78 is 32.4. The molecule has 25 heavy (non-hydrogen) atoms. The van der Waals surface area contributed by atoms with Gasteiger partial charge in [-0.1, -0.05) is 0 Å². The Morgan fingerprint density at radius 1 is 1.04 bits per heavy atom.